The monoisotopic (exact) mass is 512 g/mol. The highest BCUT2D eigenvalue weighted by Gasteiger charge is 2.32. The van der Waals surface area contributed by atoms with Crippen LogP contribution in [-0.2, 0) is 35.2 Å². The molecule has 200 valence electrons. The minimum Gasteiger partial charge on any atom is -0.481 e. The predicted molar refractivity (Wildman–Crippen MR) is 122 cm³/mol. The second-order valence-corrected chi connectivity index (χ2v) is 8.24. The van der Waals surface area contributed by atoms with Crippen molar-refractivity contribution >= 4 is 35.6 Å². The van der Waals surface area contributed by atoms with Crippen molar-refractivity contribution in [3.63, 3.8) is 0 Å². The van der Waals surface area contributed by atoms with Crippen molar-refractivity contribution in [3.8, 4) is 0 Å². The second kappa shape index (κ2) is 14.4. The van der Waals surface area contributed by atoms with E-state index in [1.807, 2.05) is 12.2 Å². The van der Waals surface area contributed by atoms with E-state index >= 15 is 0 Å². The number of aliphatic carboxylic acids is 3. The number of nitrogens with two attached hydrogens (primary N) is 1. The van der Waals surface area contributed by atoms with Crippen LogP contribution < -0.4 is 21.7 Å². The molecule has 0 radical (unpaired) electrons. The van der Waals surface area contributed by atoms with E-state index in [9.17, 15) is 33.9 Å². The zero-order chi connectivity index (χ0) is 27.4. The van der Waals surface area contributed by atoms with Crippen LogP contribution in [0.3, 0.4) is 0 Å². The van der Waals surface area contributed by atoms with Gasteiger partial charge in [0, 0.05) is 24.7 Å². The molecule has 0 fully saturated rings. The number of carboxylic acid groups (broad SMARTS) is 3. The third-order valence-corrected chi connectivity index (χ3v) is 5.44. The lowest BCUT2D eigenvalue weighted by atomic mass is 9.98. The number of aromatic amines is 1. The molecule has 3 amide bonds. The first kappa shape index (κ1) is 30.0. The summed E-state index contributed by atoms with van der Waals surface area (Å²) in [6, 6.07) is -5.52. The van der Waals surface area contributed by atoms with Gasteiger partial charge >= 0.3 is 17.9 Å². The highest BCUT2D eigenvalue weighted by molar-refractivity contribution is 5.95. The molecule has 0 saturated heterocycles. The number of aromatic nitrogens is 2. The lowest BCUT2D eigenvalue weighted by Crippen LogP contribution is -2.58. The van der Waals surface area contributed by atoms with E-state index in [2.05, 4.69) is 20.6 Å². The molecule has 1 aromatic heterocycles. The van der Waals surface area contributed by atoms with E-state index in [-0.39, 0.29) is 12.3 Å². The van der Waals surface area contributed by atoms with E-state index in [0.29, 0.717) is 12.1 Å². The first-order valence-electron chi connectivity index (χ1n) is 11.2. The number of hydrogen-bond donors (Lipinski definition) is 8. The van der Waals surface area contributed by atoms with Crippen molar-refractivity contribution in [2.45, 2.75) is 70.1 Å². The molecule has 0 bridgehead atoms. The number of hydrogen-bond acceptors (Lipinski definition) is 8. The lowest BCUT2D eigenvalue weighted by molar-refractivity contribution is -0.147. The Hall–Kier alpha value is -4.01. The van der Waals surface area contributed by atoms with E-state index in [0.717, 1.165) is 0 Å². The molecule has 1 rings (SSSR count). The molecule has 9 N–H and O–H groups in total. The summed E-state index contributed by atoms with van der Waals surface area (Å²) in [5.74, 6) is -7.19. The Morgan fingerprint density at radius 2 is 1.53 bits per heavy atom. The van der Waals surface area contributed by atoms with Crippen LogP contribution in [0.25, 0.3) is 0 Å². The molecular weight excluding hydrogens is 480 g/mol. The maximum Gasteiger partial charge on any atom is 0.326 e. The fraction of sp³-hybridized carbons (Fsp3) is 0.571. The Balaban J connectivity index is 3.11. The molecular formula is C21H32N6O9. The molecule has 0 saturated carbocycles. The number of nitrogens with one attached hydrogen (secondary N) is 4. The van der Waals surface area contributed by atoms with Gasteiger partial charge in [-0.15, -0.1) is 0 Å². The summed E-state index contributed by atoms with van der Waals surface area (Å²) < 4.78 is 0. The summed E-state index contributed by atoms with van der Waals surface area (Å²) in [6.45, 7) is 3.60. The standard InChI is InChI=1S/C21H32N6O9/c1-3-10(2)17(22)20(34)26-13(6-11-8-23-9-24-11)19(33)25-12(4-5-15(28)29)18(32)27-14(21(35)36)7-16(30)31/h8-10,12-14,17H,3-7,22H2,1-2H3,(H,23,24)(H,25,33)(H,26,34)(H,27,32)(H,28,29)(H,30,31)(H,35,36). The molecule has 15 nitrogen and oxygen atoms in total. The Morgan fingerprint density at radius 1 is 0.944 bits per heavy atom. The average molecular weight is 513 g/mol. The molecule has 15 heteroatoms. The van der Waals surface area contributed by atoms with Crippen molar-refractivity contribution < 1.29 is 44.1 Å². The van der Waals surface area contributed by atoms with Crippen molar-refractivity contribution in [2.24, 2.45) is 11.7 Å². The molecule has 1 aromatic rings. The largest absolute Gasteiger partial charge is 0.481 e. The number of carbonyl (C=O) groups is 6. The molecule has 0 aromatic carbocycles. The second-order valence-electron chi connectivity index (χ2n) is 8.24. The van der Waals surface area contributed by atoms with Gasteiger partial charge in [-0.25, -0.2) is 9.78 Å². The topological polar surface area (TPSA) is 254 Å². The van der Waals surface area contributed by atoms with Gasteiger partial charge in [0.2, 0.25) is 17.7 Å². The maximum absolute atomic E-state index is 13.1. The van der Waals surface area contributed by atoms with Crippen LogP contribution in [-0.4, -0.2) is 85.1 Å². The van der Waals surface area contributed by atoms with E-state index in [4.69, 9.17) is 15.9 Å². The van der Waals surface area contributed by atoms with Gasteiger partial charge in [0.25, 0.3) is 0 Å². The van der Waals surface area contributed by atoms with Gasteiger partial charge in [-0.2, -0.15) is 0 Å². The minimum absolute atomic E-state index is 0.0746. The van der Waals surface area contributed by atoms with Gasteiger partial charge in [0.1, 0.15) is 18.1 Å². The highest BCUT2D eigenvalue weighted by Crippen LogP contribution is 2.08. The van der Waals surface area contributed by atoms with Gasteiger partial charge in [-0.05, 0) is 12.3 Å². The van der Waals surface area contributed by atoms with E-state index < -0.39 is 79.1 Å². The van der Waals surface area contributed by atoms with Crippen LogP contribution >= 0.6 is 0 Å². The van der Waals surface area contributed by atoms with E-state index in [1.165, 1.54) is 12.5 Å². The first-order chi connectivity index (χ1) is 16.8. The van der Waals surface area contributed by atoms with Crippen molar-refractivity contribution in [1.29, 1.82) is 0 Å². The van der Waals surface area contributed by atoms with Crippen molar-refractivity contribution in [3.05, 3.63) is 18.2 Å². The number of rotatable bonds is 16. The molecule has 1 heterocycles. The van der Waals surface area contributed by atoms with Gasteiger partial charge in [-0.1, -0.05) is 20.3 Å². The summed E-state index contributed by atoms with van der Waals surface area (Å²) in [5.41, 5.74) is 6.41. The van der Waals surface area contributed by atoms with Gasteiger partial charge in [0.05, 0.1) is 18.8 Å². The number of amides is 3. The van der Waals surface area contributed by atoms with Crippen molar-refractivity contribution in [1.82, 2.24) is 25.9 Å². The molecule has 5 unspecified atom stereocenters. The van der Waals surface area contributed by atoms with Crippen LogP contribution in [0.15, 0.2) is 12.5 Å². The fourth-order valence-corrected chi connectivity index (χ4v) is 3.06. The molecule has 0 spiro atoms. The van der Waals surface area contributed by atoms with Crippen LogP contribution in [0, 0.1) is 5.92 Å². The Labute approximate surface area is 206 Å². The number of carbonyl (C=O) groups excluding carboxylic acids is 3. The molecule has 0 aliphatic rings. The lowest BCUT2D eigenvalue weighted by Gasteiger charge is -2.25. The molecule has 0 aliphatic heterocycles. The zero-order valence-corrected chi connectivity index (χ0v) is 19.9. The van der Waals surface area contributed by atoms with Crippen LogP contribution in [0.4, 0.5) is 0 Å². The van der Waals surface area contributed by atoms with E-state index in [1.54, 1.807) is 6.92 Å². The number of nitrogens with zero attached hydrogens (tertiary/aromatic N) is 1. The van der Waals surface area contributed by atoms with Gasteiger partial charge in [-0.3, -0.25) is 24.0 Å². The predicted octanol–water partition coefficient (Wildman–Crippen LogP) is -1.80. The van der Waals surface area contributed by atoms with Gasteiger partial charge in [0.15, 0.2) is 0 Å². The Bertz CT molecular complexity index is 936. The zero-order valence-electron chi connectivity index (χ0n) is 19.9. The molecule has 5 atom stereocenters. The fourth-order valence-electron chi connectivity index (χ4n) is 3.06. The smallest absolute Gasteiger partial charge is 0.326 e. The Morgan fingerprint density at radius 3 is 2.03 bits per heavy atom. The highest BCUT2D eigenvalue weighted by atomic mass is 16.4. The number of imidazole rings is 1. The van der Waals surface area contributed by atoms with Crippen LogP contribution in [0.5, 0.6) is 0 Å². The molecule has 0 aliphatic carbocycles. The summed E-state index contributed by atoms with van der Waals surface area (Å²) >= 11 is 0. The average Bonchev–Trinajstić information content (AvgIpc) is 3.32. The summed E-state index contributed by atoms with van der Waals surface area (Å²) in [5, 5.41) is 33.9. The third kappa shape index (κ3) is 10.1. The SMILES string of the molecule is CCC(C)C(N)C(=O)NC(Cc1cnc[nH]1)C(=O)NC(CCC(=O)O)C(=O)NC(CC(=O)O)C(=O)O. The van der Waals surface area contributed by atoms with Crippen LogP contribution in [0.1, 0.15) is 45.2 Å². The summed E-state index contributed by atoms with van der Waals surface area (Å²) in [4.78, 5) is 78.3. The van der Waals surface area contributed by atoms with Gasteiger partial charge < -0.3 is 42.0 Å². The number of carboxylic acids is 3. The minimum atomic E-state index is -1.81. The Kier molecular flexibility index (Phi) is 12.0. The van der Waals surface area contributed by atoms with Crippen molar-refractivity contribution in [2.75, 3.05) is 0 Å². The molecule has 36 heavy (non-hydrogen) atoms. The third-order valence-electron chi connectivity index (χ3n) is 5.44. The normalized spacial score (nSPS) is 15.0. The number of H-pyrrole nitrogens is 1. The summed E-state index contributed by atoms with van der Waals surface area (Å²) in [6.07, 6.45) is 1.37. The first-order valence-corrected chi connectivity index (χ1v) is 11.2. The maximum atomic E-state index is 13.1. The quantitative estimate of drug-likeness (QED) is 0.123. The summed E-state index contributed by atoms with van der Waals surface area (Å²) in [7, 11) is 0. The van der Waals surface area contributed by atoms with Crippen LogP contribution in [0.2, 0.25) is 0 Å².